The summed E-state index contributed by atoms with van der Waals surface area (Å²) >= 11 is 0. The third kappa shape index (κ3) is 4.84. The van der Waals surface area contributed by atoms with Gasteiger partial charge in [-0.3, -0.25) is 9.69 Å². The first-order chi connectivity index (χ1) is 15.1. The number of aldehydes is 1. The summed E-state index contributed by atoms with van der Waals surface area (Å²) in [4.78, 5) is 15.0. The van der Waals surface area contributed by atoms with E-state index in [2.05, 4.69) is 17.0 Å². The molecule has 31 heavy (non-hydrogen) atoms. The fraction of sp³-hybridized carbons (Fsp3) is 0.375. The molecule has 0 aromatic heterocycles. The molecule has 2 heterocycles. The number of aliphatic hydroxyl groups excluding tert-OH is 1. The molecular weight excluding hydrogens is 402 g/mol. The van der Waals surface area contributed by atoms with E-state index in [4.69, 9.17) is 4.74 Å². The van der Waals surface area contributed by atoms with E-state index in [0.717, 1.165) is 19.5 Å². The first kappa shape index (κ1) is 21.6. The highest BCUT2D eigenvalue weighted by atomic mass is 19.1. The fourth-order valence-electron chi connectivity index (χ4n) is 4.20. The first-order valence-corrected chi connectivity index (χ1v) is 10.5. The van der Waals surface area contributed by atoms with Crippen molar-refractivity contribution in [2.75, 3.05) is 37.7 Å². The van der Waals surface area contributed by atoms with Crippen molar-refractivity contribution in [2.24, 2.45) is 0 Å². The zero-order valence-electron chi connectivity index (χ0n) is 17.2. The molecule has 1 N–H and O–H groups in total. The molecular formula is C24H26F2N2O3. The number of aliphatic hydroxyl groups is 1. The number of ether oxygens (including phenoxy) is 1. The molecule has 7 heteroatoms. The van der Waals surface area contributed by atoms with E-state index in [0.29, 0.717) is 24.8 Å². The number of carbonyl (C=O) groups excluding carboxylic acids is 1. The van der Waals surface area contributed by atoms with Gasteiger partial charge in [-0.25, -0.2) is 8.78 Å². The van der Waals surface area contributed by atoms with Crippen molar-refractivity contribution >= 4 is 17.5 Å². The molecule has 4 rings (SSSR count). The molecule has 2 aromatic carbocycles. The van der Waals surface area contributed by atoms with Crippen molar-refractivity contribution in [3.8, 4) is 0 Å². The van der Waals surface area contributed by atoms with Gasteiger partial charge in [0, 0.05) is 37.4 Å². The predicted octanol–water partition coefficient (Wildman–Crippen LogP) is 3.02. The number of nitrogens with zero attached hydrogens (tertiary/aromatic N) is 2. The minimum absolute atomic E-state index is 0.00654. The fourth-order valence-corrected chi connectivity index (χ4v) is 4.20. The average Bonchev–Trinajstić information content (AvgIpc) is 3.22. The summed E-state index contributed by atoms with van der Waals surface area (Å²) in [5.74, 6) is -1.31. The Kier molecular flexibility index (Phi) is 6.75. The maximum Gasteiger partial charge on any atom is 0.187 e. The molecule has 2 atom stereocenters. The number of rotatable bonds is 7. The Hall–Kier alpha value is -2.61. The summed E-state index contributed by atoms with van der Waals surface area (Å²) in [5.41, 5.74) is 2.16. The van der Waals surface area contributed by atoms with Gasteiger partial charge in [0.2, 0.25) is 0 Å². The lowest BCUT2D eigenvalue weighted by Crippen LogP contribution is -2.32. The highest BCUT2D eigenvalue weighted by molar-refractivity contribution is 5.71. The summed E-state index contributed by atoms with van der Waals surface area (Å²) in [6.07, 6.45) is 2.43. The second kappa shape index (κ2) is 9.68. The second-order valence-electron chi connectivity index (χ2n) is 7.92. The first-order valence-electron chi connectivity index (χ1n) is 10.5. The predicted molar refractivity (Wildman–Crippen MR) is 115 cm³/mol. The molecule has 2 aliphatic heterocycles. The van der Waals surface area contributed by atoms with Crippen LogP contribution in [0.1, 0.15) is 17.5 Å². The molecule has 1 fully saturated rings. The summed E-state index contributed by atoms with van der Waals surface area (Å²) < 4.78 is 35.2. The standard InChI is InChI=1S/C24H26F2N2O3/c25-21-12-19(28-14-20(15-29)31-23(28)16-30)13-22(26)24(21)18-7-10-27(11-8-18)9-6-17-4-2-1-3-5-17/h1-5,7,12-13,16,20,23,29H,6,8-11,14-15H2/t20-,23?/m1/s1. The van der Waals surface area contributed by atoms with Crippen LogP contribution in [0.3, 0.4) is 0 Å². The highest BCUT2D eigenvalue weighted by Crippen LogP contribution is 2.32. The topological polar surface area (TPSA) is 53.0 Å². The number of halogens is 2. The lowest BCUT2D eigenvalue weighted by atomic mass is 9.97. The zero-order valence-corrected chi connectivity index (χ0v) is 17.2. The number of benzene rings is 2. The van der Waals surface area contributed by atoms with Crippen LogP contribution >= 0.6 is 0 Å². The van der Waals surface area contributed by atoms with Crippen LogP contribution in [0.15, 0.2) is 48.5 Å². The van der Waals surface area contributed by atoms with Gasteiger partial charge in [0.15, 0.2) is 12.5 Å². The molecule has 1 unspecified atom stereocenters. The van der Waals surface area contributed by atoms with Gasteiger partial charge in [-0.15, -0.1) is 0 Å². The van der Waals surface area contributed by atoms with Crippen molar-refractivity contribution in [1.82, 2.24) is 4.90 Å². The van der Waals surface area contributed by atoms with Crippen LogP contribution in [-0.2, 0) is 16.0 Å². The Labute approximate surface area is 180 Å². The van der Waals surface area contributed by atoms with Gasteiger partial charge in [-0.1, -0.05) is 36.4 Å². The van der Waals surface area contributed by atoms with E-state index < -0.39 is 24.0 Å². The lowest BCUT2D eigenvalue weighted by molar-refractivity contribution is -0.117. The number of anilines is 1. The van der Waals surface area contributed by atoms with E-state index in [1.165, 1.54) is 22.6 Å². The Morgan fingerprint density at radius 3 is 2.52 bits per heavy atom. The van der Waals surface area contributed by atoms with Gasteiger partial charge in [0.25, 0.3) is 0 Å². The van der Waals surface area contributed by atoms with Crippen LogP contribution in [0.25, 0.3) is 5.57 Å². The normalized spacial score (nSPS) is 21.9. The average molecular weight is 428 g/mol. The zero-order chi connectivity index (χ0) is 21.8. The van der Waals surface area contributed by atoms with E-state index in [-0.39, 0.29) is 24.4 Å². The van der Waals surface area contributed by atoms with Crippen LogP contribution in [0.2, 0.25) is 0 Å². The summed E-state index contributed by atoms with van der Waals surface area (Å²) in [5, 5.41) is 9.26. The Morgan fingerprint density at radius 2 is 1.90 bits per heavy atom. The minimum Gasteiger partial charge on any atom is -0.394 e. The van der Waals surface area contributed by atoms with Crippen LogP contribution in [0.4, 0.5) is 14.5 Å². The Bertz CT molecular complexity index is 928. The van der Waals surface area contributed by atoms with Crippen molar-refractivity contribution in [3.63, 3.8) is 0 Å². The van der Waals surface area contributed by atoms with Gasteiger partial charge in [0.05, 0.1) is 6.61 Å². The quantitative estimate of drug-likeness (QED) is 0.688. The molecule has 0 radical (unpaired) electrons. The van der Waals surface area contributed by atoms with Crippen LogP contribution in [0, 0.1) is 11.6 Å². The minimum atomic E-state index is -0.964. The Morgan fingerprint density at radius 1 is 1.16 bits per heavy atom. The molecule has 5 nitrogen and oxygen atoms in total. The molecule has 0 amide bonds. The maximum absolute atomic E-state index is 14.9. The molecule has 0 bridgehead atoms. The molecule has 0 saturated carbocycles. The third-order valence-corrected chi connectivity index (χ3v) is 5.89. The second-order valence-corrected chi connectivity index (χ2v) is 7.92. The molecule has 2 aliphatic rings. The van der Waals surface area contributed by atoms with Gasteiger partial charge in [-0.2, -0.15) is 0 Å². The summed E-state index contributed by atoms with van der Waals surface area (Å²) in [6, 6.07) is 12.7. The van der Waals surface area contributed by atoms with Gasteiger partial charge >= 0.3 is 0 Å². The van der Waals surface area contributed by atoms with E-state index in [9.17, 15) is 18.7 Å². The van der Waals surface area contributed by atoms with E-state index in [1.807, 2.05) is 24.3 Å². The summed E-state index contributed by atoms with van der Waals surface area (Å²) in [6.45, 7) is 2.21. The molecule has 1 saturated heterocycles. The molecule has 0 spiro atoms. The Balaban J connectivity index is 1.45. The maximum atomic E-state index is 14.9. The van der Waals surface area contributed by atoms with Gasteiger partial charge in [0.1, 0.15) is 17.7 Å². The van der Waals surface area contributed by atoms with Gasteiger partial charge in [-0.05, 0) is 36.1 Å². The number of hydrogen-bond donors (Lipinski definition) is 1. The van der Waals surface area contributed by atoms with Crippen molar-refractivity contribution in [1.29, 1.82) is 0 Å². The third-order valence-electron chi connectivity index (χ3n) is 5.89. The smallest absolute Gasteiger partial charge is 0.187 e. The number of hydrogen-bond acceptors (Lipinski definition) is 5. The van der Waals surface area contributed by atoms with Crippen LogP contribution in [-0.4, -0.2) is 61.4 Å². The van der Waals surface area contributed by atoms with Crippen LogP contribution in [0.5, 0.6) is 0 Å². The largest absolute Gasteiger partial charge is 0.394 e. The number of carbonyl (C=O) groups is 1. The lowest BCUT2D eigenvalue weighted by Gasteiger charge is -2.27. The van der Waals surface area contributed by atoms with Crippen LogP contribution < -0.4 is 4.90 Å². The van der Waals surface area contributed by atoms with Gasteiger partial charge < -0.3 is 14.7 Å². The van der Waals surface area contributed by atoms with E-state index >= 15 is 0 Å². The molecule has 0 aliphatic carbocycles. The molecule has 164 valence electrons. The van der Waals surface area contributed by atoms with Crippen molar-refractivity contribution in [2.45, 2.75) is 25.2 Å². The monoisotopic (exact) mass is 428 g/mol. The summed E-state index contributed by atoms with van der Waals surface area (Å²) in [7, 11) is 0. The highest BCUT2D eigenvalue weighted by Gasteiger charge is 2.33. The SMILES string of the molecule is O=CC1O[C@@H](CO)CN1c1cc(F)c(C2=CCN(CCc3ccccc3)CC2)c(F)c1. The van der Waals surface area contributed by atoms with Crippen molar-refractivity contribution in [3.05, 3.63) is 71.3 Å². The molecule has 2 aromatic rings. The van der Waals surface area contributed by atoms with E-state index in [1.54, 1.807) is 0 Å². The van der Waals surface area contributed by atoms with Crippen molar-refractivity contribution < 1.29 is 23.4 Å².